The second kappa shape index (κ2) is 7.44. The van der Waals surface area contributed by atoms with Gasteiger partial charge in [-0.1, -0.05) is 0 Å². The highest BCUT2D eigenvalue weighted by Gasteiger charge is 2.21. The van der Waals surface area contributed by atoms with Gasteiger partial charge in [0, 0.05) is 20.0 Å². The van der Waals surface area contributed by atoms with Crippen LogP contribution in [0.2, 0.25) is 0 Å². The minimum atomic E-state index is -1.24. The van der Waals surface area contributed by atoms with Crippen LogP contribution in [0.15, 0.2) is 0 Å². The maximum Gasteiger partial charge on any atom is 0.326 e. The molecule has 0 fully saturated rings. The number of nitrogens with two attached hydrogens (primary N) is 1. The molecule has 0 aliphatic carbocycles. The molecule has 0 aliphatic heterocycles. The van der Waals surface area contributed by atoms with E-state index in [1.165, 1.54) is 7.05 Å². The van der Waals surface area contributed by atoms with Crippen LogP contribution in [0, 0.1) is 0 Å². The van der Waals surface area contributed by atoms with Crippen molar-refractivity contribution in [1.82, 2.24) is 10.2 Å². The molecule has 0 radical (unpaired) electrons. The van der Waals surface area contributed by atoms with Crippen LogP contribution in [0.5, 0.6) is 0 Å². The third-order valence-corrected chi connectivity index (χ3v) is 2.06. The standard InChI is InChI=1S/C9H17N3O5/c1-12(4-5-13)9(17)11-6(8(15)16)2-3-7(10)14/h6,13H,2-5H2,1H3,(H2,10,14)(H,11,17)(H,15,16). The zero-order chi connectivity index (χ0) is 13.4. The lowest BCUT2D eigenvalue weighted by Crippen LogP contribution is -2.47. The van der Waals surface area contributed by atoms with E-state index >= 15 is 0 Å². The first-order chi connectivity index (χ1) is 7.88. The first kappa shape index (κ1) is 15.2. The number of hydrogen-bond donors (Lipinski definition) is 4. The highest BCUT2D eigenvalue weighted by Crippen LogP contribution is 1.98. The molecule has 8 nitrogen and oxygen atoms in total. The molecule has 0 heterocycles. The van der Waals surface area contributed by atoms with Gasteiger partial charge < -0.3 is 26.2 Å². The number of urea groups is 1. The number of nitrogens with zero attached hydrogens (tertiary/aromatic N) is 1. The number of rotatable bonds is 7. The number of aliphatic hydroxyl groups excluding tert-OH is 1. The summed E-state index contributed by atoms with van der Waals surface area (Å²) in [6, 6.07) is -1.80. The van der Waals surface area contributed by atoms with Crippen LogP contribution in [-0.4, -0.2) is 59.3 Å². The molecular weight excluding hydrogens is 230 g/mol. The Kier molecular flexibility index (Phi) is 6.64. The lowest BCUT2D eigenvalue weighted by molar-refractivity contribution is -0.139. The summed E-state index contributed by atoms with van der Waals surface area (Å²) in [5.41, 5.74) is 4.89. The average molecular weight is 247 g/mol. The summed E-state index contributed by atoms with van der Waals surface area (Å²) in [5, 5.41) is 19.6. The molecule has 98 valence electrons. The van der Waals surface area contributed by atoms with Gasteiger partial charge in [0.25, 0.3) is 0 Å². The monoisotopic (exact) mass is 247 g/mol. The molecule has 8 heteroatoms. The van der Waals surface area contributed by atoms with Gasteiger partial charge in [-0.2, -0.15) is 0 Å². The quantitative estimate of drug-likeness (QED) is 0.427. The van der Waals surface area contributed by atoms with Gasteiger partial charge in [-0.25, -0.2) is 9.59 Å². The maximum absolute atomic E-state index is 11.4. The van der Waals surface area contributed by atoms with Crippen LogP contribution in [0.4, 0.5) is 4.79 Å². The molecule has 0 aromatic rings. The van der Waals surface area contributed by atoms with E-state index in [1.807, 2.05) is 0 Å². The van der Waals surface area contributed by atoms with Crippen molar-refractivity contribution in [2.45, 2.75) is 18.9 Å². The van der Waals surface area contributed by atoms with Crippen molar-refractivity contribution >= 4 is 17.9 Å². The maximum atomic E-state index is 11.4. The van der Waals surface area contributed by atoms with E-state index in [2.05, 4.69) is 5.32 Å². The fourth-order valence-corrected chi connectivity index (χ4v) is 1.05. The molecule has 0 rings (SSSR count). The molecule has 5 N–H and O–H groups in total. The zero-order valence-corrected chi connectivity index (χ0v) is 9.55. The SMILES string of the molecule is CN(CCO)C(=O)NC(CCC(N)=O)C(=O)O. The molecule has 0 saturated heterocycles. The Morgan fingerprint density at radius 2 is 2.00 bits per heavy atom. The number of likely N-dealkylation sites (N-methyl/N-ethyl adjacent to an activating group) is 1. The van der Waals surface area contributed by atoms with Crippen molar-refractivity contribution in [2.24, 2.45) is 5.73 Å². The van der Waals surface area contributed by atoms with Crippen LogP contribution in [0.1, 0.15) is 12.8 Å². The van der Waals surface area contributed by atoms with Crippen molar-refractivity contribution in [3.63, 3.8) is 0 Å². The first-order valence-corrected chi connectivity index (χ1v) is 5.02. The second-order valence-electron chi connectivity index (χ2n) is 3.49. The summed E-state index contributed by atoms with van der Waals surface area (Å²) in [7, 11) is 1.42. The molecule has 0 aliphatic rings. The van der Waals surface area contributed by atoms with Crippen LogP contribution in [0.3, 0.4) is 0 Å². The van der Waals surface area contributed by atoms with E-state index < -0.39 is 23.9 Å². The average Bonchev–Trinajstić information content (AvgIpc) is 2.23. The number of primary amides is 1. The lowest BCUT2D eigenvalue weighted by atomic mass is 10.1. The minimum Gasteiger partial charge on any atom is -0.480 e. The second-order valence-corrected chi connectivity index (χ2v) is 3.49. The number of carboxylic acids is 1. The molecule has 3 amide bonds. The summed E-state index contributed by atoms with van der Waals surface area (Å²) in [6.45, 7) is -0.128. The number of carboxylic acid groups (broad SMARTS) is 1. The highest BCUT2D eigenvalue weighted by molar-refractivity contribution is 5.83. The normalized spacial score (nSPS) is 11.6. The third-order valence-electron chi connectivity index (χ3n) is 2.06. The van der Waals surface area contributed by atoms with Crippen molar-refractivity contribution < 1.29 is 24.6 Å². The van der Waals surface area contributed by atoms with E-state index in [4.69, 9.17) is 15.9 Å². The molecule has 0 bridgehead atoms. The van der Waals surface area contributed by atoms with Gasteiger partial charge in [0.15, 0.2) is 0 Å². The van der Waals surface area contributed by atoms with Gasteiger partial charge in [-0.15, -0.1) is 0 Å². The summed E-state index contributed by atoms with van der Waals surface area (Å²) in [6.07, 6.45) is -0.190. The molecule has 17 heavy (non-hydrogen) atoms. The Hall–Kier alpha value is -1.83. The number of hydrogen-bond acceptors (Lipinski definition) is 4. The van der Waals surface area contributed by atoms with Crippen molar-refractivity contribution in [1.29, 1.82) is 0 Å². The summed E-state index contributed by atoms with van der Waals surface area (Å²) < 4.78 is 0. The number of amides is 3. The largest absolute Gasteiger partial charge is 0.480 e. The fraction of sp³-hybridized carbons (Fsp3) is 0.667. The fourth-order valence-electron chi connectivity index (χ4n) is 1.05. The van der Waals surface area contributed by atoms with Crippen LogP contribution >= 0.6 is 0 Å². The Balaban J connectivity index is 4.29. The van der Waals surface area contributed by atoms with Crippen molar-refractivity contribution in [3.8, 4) is 0 Å². The minimum absolute atomic E-state index is 0.0661. The smallest absolute Gasteiger partial charge is 0.326 e. The number of aliphatic hydroxyl groups is 1. The van der Waals surface area contributed by atoms with Gasteiger partial charge >= 0.3 is 12.0 Å². The molecule has 0 aromatic carbocycles. The zero-order valence-electron chi connectivity index (χ0n) is 9.55. The van der Waals surface area contributed by atoms with E-state index in [0.717, 1.165) is 4.90 Å². The van der Waals surface area contributed by atoms with Crippen molar-refractivity contribution in [3.05, 3.63) is 0 Å². The van der Waals surface area contributed by atoms with Gasteiger partial charge in [-0.05, 0) is 6.42 Å². The topological polar surface area (TPSA) is 133 Å². The molecule has 0 saturated carbocycles. The van der Waals surface area contributed by atoms with E-state index in [0.29, 0.717) is 0 Å². The van der Waals surface area contributed by atoms with Gasteiger partial charge in [0.2, 0.25) is 5.91 Å². The van der Waals surface area contributed by atoms with Gasteiger partial charge in [0.1, 0.15) is 6.04 Å². The number of carbonyl (C=O) groups excluding carboxylic acids is 2. The Bertz CT molecular complexity index is 294. The summed E-state index contributed by atoms with van der Waals surface area (Å²) in [4.78, 5) is 33.9. The Morgan fingerprint density at radius 3 is 2.41 bits per heavy atom. The van der Waals surface area contributed by atoms with Crippen LogP contribution in [-0.2, 0) is 9.59 Å². The van der Waals surface area contributed by atoms with Gasteiger partial charge in [0.05, 0.1) is 6.61 Å². The highest BCUT2D eigenvalue weighted by atomic mass is 16.4. The molecule has 1 atom stereocenters. The molecule has 1 unspecified atom stereocenters. The van der Waals surface area contributed by atoms with Gasteiger partial charge in [-0.3, -0.25) is 4.79 Å². The summed E-state index contributed by atoms with van der Waals surface area (Å²) >= 11 is 0. The predicted octanol–water partition coefficient (Wildman–Crippen LogP) is -1.66. The number of aliphatic carboxylic acids is 1. The van der Waals surface area contributed by atoms with Crippen molar-refractivity contribution in [2.75, 3.05) is 20.2 Å². The van der Waals surface area contributed by atoms with Crippen LogP contribution < -0.4 is 11.1 Å². The van der Waals surface area contributed by atoms with E-state index in [1.54, 1.807) is 0 Å². The lowest BCUT2D eigenvalue weighted by Gasteiger charge is -2.20. The number of nitrogens with one attached hydrogen (secondary N) is 1. The number of carbonyl (C=O) groups is 3. The Labute approximate surface area is 98.4 Å². The predicted molar refractivity (Wildman–Crippen MR) is 58.1 cm³/mol. The molecule has 0 aromatic heterocycles. The van der Waals surface area contributed by atoms with E-state index in [-0.39, 0.29) is 26.0 Å². The third kappa shape index (κ3) is 6.36. The van der Waals surface area contributed by atoms with E-state index in [9.17, 15) is 14.4 Å². The molecule has 0 spiro atoms. The first-order valence-electron chi connectivity index (χ1n) is 5.02. The van der Waals surface area contributed by atoms with Crippen LogP contribution in [0.25, 0.3) is 0 Å². The summed E-state index contributed by atoms with van der Waals surface area (Å²) in [5.74, 6) is -1.87. The Morgan fingerprint density at radius 1 is 1.41 bits per heavy atom. The molecular formula is C9H17N3O5.